The molecular formula is C16H18ClN3O. The van der Waals surface area contributed by atoms with Gasteiger partial charge >= 0.3 is 0 Å². The molecule has 0 radical (unpaired) electrons. The van der Waals surface area contributed by atoms with E-state index in [-0.39, 0.29) is 6.10 Å². The van der Waals surface area contributed by atoms with Crippen LogP contribution in [0.15, 0.2) is 24.3 Å². The molecule has 3 rings (SSSR count). The molecule has 5 heteroatoms. The second kappa shape index (κ2) is 5.90. The summed E-state index contributed by atoms with van der Waals surface area (Å²) < 4.78 is 5.92. The average Bonchev–Trinajstić information content (AvgIpc) is 2.91. The van der Waals surface area contributed by atoms with E-state index in [1.54, 1.807) is 0 Å². The first kappa shape index (κ1) is 14.1. The Bertz CT molecular complexity index is 635. The van der Waals surface area contributed by atoms with Crippen LogP contribution in [0.25, 0.3) is 0 Å². The number of aryl methyl sites for hydroxylation is 1. The summed E-state index contributed by atoms with van der Waals surface area (Å²) >= 11 is 6.14. The fourth-order valence-electron chi connectivity index (χ4n) is 2.44. The zero-order valence-corrected chi connectivity index (χ0v) is 12.9. The number of benzene rings is 1. The van der Waals surface area contributed by atoms with E-state index in [0.717, 1.165) is 35.8 Å². The lowest BCUT2D eigenvalue weighted by atomic mass is 10.1. The quantitative estimate of drug-likeness (QED) is 0.879. The summed E-state index contributed by atoms with van der Waals surface area (Å²) in [6.07, 6.45) is 1.81. The molecule has 1 unspecified atom stereocenters. The van der Waals surface area contributed by atoms with Crippen LogP contribution in [0.1, 0.15) is 23.9 Å². The fourth-order valence-corrected chi connectivity index (χ4v) is 2.63. The molecule has 1 aliphatic rings. The van der Waals surface area contributed by atoms with Gasteiger partial charge in [-0.1, -0.05) is 36.7 Å². The van der Waals surface area contributed by atoms with E-state index in [1.807, 2.05) is 32.0 Å². The SMILES string of the molecule is CCc1nc(Cl)c(C)c(NCC2Cc3ccccc3O2)n1. The van der Waals surface area contributed by atoms with Crippen molar-refractivity contribution in [3.05, 3.63) is 46.4 Å². The van der Waals surface area contributed by atoms with Gasteiger partial charge in [0.25, 0.3) is 0 Å². The summed E-state index contributed by atoms with van der Waals surface area (Å²) in [6, 6.07) is 8.16. The van der Waals surface area contributed by atoms with Crippen molar-refractivity contribution < 1.29 is 4.74 Å². The number of nitrogens with zero attached hydrogens (tertiary/aromatic N) is 2. The number of nitrogens with one attached hydrogen (secondary N) is 1. The van der Waals surface area contributed by atoms with Crippen molar-refractivity contribution >= 4 is 17.4 Å². The molecule has 2 heterocycles. The summed E-state index contributed by atoms with van der Waals surface area (Å²) in [5.74, 6) is 2.53. The van der Waals surface area contributed by atoms with Crippen LogP contribution < -0.4 is 10.1 Å². The molecular weight excluding hydrogens is 286 g/mol. The second-order valence-corrected chi connectivity index (χ2v) is 5.55. The zero-order chi connectivity index (χ0) is 14.8. The van der Waals surface area contributed by atoms with Gasteiger partial charge in [-0.05, 0) is 18.6 Å². The molecule has 1 aliphatic heterocycles. The molecule has 0 saturated heterocycles. The van der Waals surface area contributed by atoms with Crippen molar-refractivity contribution in [2.45, 2.75) is 32.8 Å². The third kappa shape index (κ3) is 2.95. The van der Waals surface area contributed by atoms with E-state index in [2.05, 4.69) is 21.4 Å². The van der Waals surface area contributed by atoms with Gasteiger partial charge in [0.2, 0.25) is 0 Å². The van der Waals surface area contributed by atoms with Gasteiger partial charge in [0.05, 0.1) is 6.54 Å². The lowest BCUT2D eigenvalue weighted by molar-refractivity contribution is 0.246. The molecule has 4 nitrogen and oxygen atoms in total. The molecule has 1 aromatic carbocycles. The van der Waals surface area contributed by atoms with Crippen molar-refractivity contribution in [2.24, 2.45) is 0 Å². The Morgan fingerprint density at radius 1 is 1.33 bits per heavy atom. The van der Waals surface area contributed by atoms with Crippen LogP contribution in [0.5, 0.6) is 5.75 Å². The topological polar surface area (TPSA) is 47.0 Å². The van der Waals surface area contributed by atoms with Crippen LogP contribution in [0.4, 0.5) is 5.82 Å². The van der Waals surface area contributed by atoms with E-state index < -0.39 is 0 Å². The highest BCUT2D eigenvalue weighted by Gasteiger charge is 2.22. The first-order valence-corrected chi connectivity index (χ1v) is 7.56. The Morgan fingerprint density at radius 3 is 2.90 bits per heavy atom. The van der Waals surface area contributed by atoms with Crippen molar-refractivity contribution in [3.63, 3.8) is 0 Å². The molecule has 2 aromatic rings. The van der Waals surface area contributed by atoms with Crippen LogP contribution in [0.3, 0.4) is 0 Å². The fraction of sp³-hybridized carbons (Fsp3) is 0.375. The highest BCUT2D eigenvalue weighted by Crippen LogP contribution is 2.28. The van der Waals surface area contributed by atoms with Crippen LogP contribution in [0.2, 0.25) is 5.15 Å². The van der Waals surface area contributed by atoms with Gasteiger partial charge in [-0.15, -0.1) is 0 Å². The predicted molar refractivity (Wildman–Crippen MR) is 84.2 cm³/mol. The van der Waals surface area contributed by atoms with E-state index in [4.69, 9.17) is 16.3 Å². The van der Waals surface area contributed by atoms with Gasteiger partial charge in [0.15, 0.2) is 0 Å². The van der Waals surface area contributed by atoms with Gasteiger partial charge in [-0.2, -0.15) is 0 Å². The largest absolute Gasteiger partial charge is 0.488 e. The van der Waals surface area contributed by atoms with Crippen molar-refractivity contribution in [1.29, 1.82) is 0 Å². The van der Waals surface area contributed by atoms with Crippen molar-refractivity contribution in [3.8, 4) is 5.75 Å². The van der Waals surface area contributed by atoms with Crippen molar-refractivity contribution in [1.82, 2.24) is 9.97 Å². The zero-order valence-electron chi connectivity index (χ0n) is 12.2. The lowest BCUT2D eigenvalue weighted by Crippen LogP contribution is -2.25. The third-order valence-corrected chi connectivity index (χ3v) is 4.03. The molecule has 0 bridgehead atoms. The molecule has 0 saturated carbocycles. The highest BCUT2D eigenvalue weighted by molar-refractivity contribution is 6.30. The normalized spacial score (nSPS) is 16.4. The van der Waals surface area contributed by atoms with Crippen LogP contribution in [-0.2, 0) is 12.8 Å². The minimum Gasteiger partial charge on any atom is -0.488 e. The molecule has 0 fully saturated rings. The maximum absolute atomic E-state index is 6.14. The highest BCUT2D eigenvalue weighted by atomic mass is 35.5. The number of ether oxygens (including phenoxy) is 1. The Balaban J connectivity index is 1.68. The molecule has 1 aromatic heterocycles. The second-order valence-electron chi connectivity index (χ2n) is 5.19. The smallest absolute Gasteiger partial charge is 0.137 e. The summed E-state index contributed by atoms with van der Waals surface area (Å²) in [5.41, 5.74) is 2.14. The number of para-hydroxylation sites is 1. The Hall–Kier alpha value is -1.81. The van der Waals surface area contributed by atoms with E-state index in [0.29, 0.717) is 11.7 Å². The van der Waals surface area contributed by atoms with E-state index in [1.165, 1.54) is 5.56 Å². The van der Waals surface area contributed by atoms with E-state index in [9.17, 15) is 0 Å². The van der Waals surface area contributed by atoms with Gasteiger partial charge in [0.1, 0.15) is 28.6 Å². The van der Waals surface area contributed by atoms with Crippen LogP contribution >= 0.6 is 11.6 Å². The lowest BCUT2D eigenvalue weighted by Gasteiger charge is -2.15. The maximum atomic E-state index is 6.14. The molecule has 1 atom stereocenters. The van der Waals surface area contributed by atoms with Crippen LogP contribution in [-0.4, -0.2) is 22.6 Å². The third-order valence-electron chi connectivity index (χ3n) is 3.66. The summed E-state index contributed by atoms with van der Waals surface area (Å²) in [4.78, 5) is 8.75. The average molecular weight is 304 g/mol. The molecule has 0 spiro atoms. The Kier molecular flexibility index (Phi) is 3.97. The Morgan fingerprint density at radius 2 is 2.14 bits per heavy atom. The number of rotatable bonds is 4. The van der Waals surface area contributed by atoms with Gasteiger partial charge in [-0.3, -0.25) is 0 Å². The number of fused-ring (bicyclic) bond motifs is 1. The molecule has 0 amide bonds. The van der Waals surface area contributed by atoms with Gasteiger partial charge in [-0.25, -0.2) is 9.97 Å². The number of hydrogen-bond donors (Lipinski definition) is 1. The summed E-state index contributed by atoms with van der Waals surface area (Å²) in [6.45, 7) is 4.64. The van der Waals surface area contributed by atoms with Crippen molar-refractivity contribution in [2.75, 3.05) is 11.9 Å². The summed E-state index contributed by atoms with van der Waals surface area (Å²) in [7, 11) is 0. The van der Waals surface area contributed by atoms with Gasteiger partial charge in [0, 0.05) is 18.4 Å². The number of anilines is 1. The maximum Gasteiger partial charge on any atom is 0.137 e. The molecule has 21 heavy (non-hydrogen) atoms. The van der Waals surface area contributed by atoms with Gasteiger partial charge < -0.3 is 10.1 Å². The molecule has 110 valence electrons. The minimum absolute atomic E-state index is 0.126. The molecule has 1 N–H and O–H groups in total. The minimum atomic E-state index is 0.126. The number of halogens is 1. The Labute approximate surface area is 129 Å². The van der Waals surface area contributed by atoms with E-state index >= 15 is 0 Å². The first-order chi connectivity index (χ1) is 10.2. The summed E-state index contributed by atoms with van der Waals surface area (Å²) in [5, 5.41) is 3.86. The number of aromatic nitrogens is 2. The molecule has 0 aliphatic carbocycles. The monoisotopic (exact) mass is 303 g/mol. The first-order valence-electron chi connectivity index (χ1n) is 7.18. The standard InChI is InChI=1S/C16H18ClN3O/c1-3-14-19-15(17)10(2)16(20-14)18-9-12-8-11-6-4-5-7-13(11)21-12/h4-7,12H,3,8-9H2,1-2H3,(H,18,19,20). The predicted octanol–water partition coefficient (Wildman–Crippen LogP) is 3.42. The van der Waals surface area contributed by atoms with Crippen LogP contribution in [0, 0.1) is 6.92 Å². The number of hydrogen-bond acceptors (Lipinski definition) is 4.